The van der Waals surface area contributed by atoms with Gasteiger partial charge in [-0.3, -0.25) is 9.36 Å². The number of hydrogen-bond donors (Lipinski definition) is 0. The Balaban J connectivity index is 2.53. The summed E-state index contributed by atoms with van der Waals surface area (Å²) in [4.78, 5) is 28.6. The third-order valence-corrected chi connectivity index (χ3v) is 2.69. The van der Waals surface area contributed by atoms with Gasteiger partial charge in [0, 0.05) is 12.3 Å². The second-order valence-electron chi connectivity index (χ2n) is 5.78. The van der Waals surface area contributed by atoms with Gasteiger partial charge in [0.2, 0.25) is 0 Å². The van der Waals surface area contributed by atoms with Crippen LogP contribution in [-0.4, -0.2) is 21.1 Å². The van der Waals surface area contributed by atoms with E-state index in [1.165, 1.54) is 16.7 Å². The lowest BCUT2D eigenvalue weighted by Crippen LogP contribution is -2.30. The second-order valence-corrected chi connectivity index (χ2v) is 5.78. The SMILES string of the molecule is Cc1ccc(-n2c(C(=O)OC(C)(C)C)cccc2=O)nc1. The van der Waals surface area contributed by atoms with Gasteiger partial charge in [-0.15, -0.1) is 0 Å². The second kappa shape index (κ2) is 5.52. The van der Waals surface area contributed by atoms with Crippen LogP contribution in [0.4, 0.5) is 0 Å². The molecule has 0 aromatic carbocycles. The van der Waals surface area contributed by atoms with Gasteiger partial charge >= 0.3 is 5.97 Å². The first-order valence-corrected chi connectivity index (χ1v) is 6.66. The van der Waals surface area contributed by atoms with E-state index in [0.717, 1.165) is 5.56 Å². The van der Waals surface area contributed by atoms with Crippen molar-refractivity contribution in [2.75, 3.05) is 0 Å². The molecule has 0 spiro atoms. The maximum atomic E-state index is 12.3. The number of rotatable bonds is 2. The predicted molar refractivity (Wildman–Crippen MR) is 79.7 cm³/mol. The Morgan fingerprint density at radius 3 is 2.48 bits per heavy atom. The van der Waals surface area contributed by atoms with Crippen LogP contribution in [0.25, 0.3) is 5.82 Å². The van der Waals surface area contributed by atoms with E-state index in [-0.39, 0.29) is 11.3 Å². The summed E-state index contributed by atoms with van der Waals surface area (Å²) in [7, 11) is 0. The lowest BCUT2D eigenvalue weighted by atomic mass is 10.2. The van der Waals surface area contributed by atoms with Crippen LogP contribution in [-0.2, 0) is 4.74 Å². The summed E-state index contributed by atoms with van der Waals surface area (Å²) in [6, 6.07) is 8.00. The largest absolute Gasteiger partial charge is 0.455 e. The van der Waals surface area contributed by atoms with E-state index < -0.39 is 11.6 Å². The number of hydrogen-bond acceptors (Lipinski definition) is 4. The smallest absolute Gasteiger partial charge is 0.355 e. The fourth-order valence-corrected chi connectivity index (χ4v) is 1.81. The molecule has 0 amide bonds. The fourth-order valence-electron chi connectivity index (χ4n) is 1.81. The number of pyridine rings is 2. The molecule has 0 radical (unpaired) electrons. The van der Waals surface area contributed by atoms with Gasteiger partial charge in [-0.2, -0.15) is 0 Å². The topological polar surface area (TPSA) is 61.2 Å². The molecule has 2 aromatic heterocycles. The summed E-state index contributed by atoms with van der Waals surface area (Å²) in [6.45, 7) is 7.24. The molecule has 0 aliphatic rings. The van der Waals surface area contributed by atoms with Crippen LogP contribution in [0.2, 0.25) is 0 Å². The zero-order chi connectivity index (χ0) is 15.6. The highest BCUT2D eigenvalue weighted by Crippen LogP contribution is 2.13. The molecule has 2 heterocycles. The predicted octanol–water partition coefficient (Wildman–Crippen LogP) is 2.50. The average molecular weight is 286 g/mol. The number of aromatic nitrogens is 2. The molecule has 5 nitrogen and oxygen atoms in total. The molecule has 0 N–H and O–H groups in total. The first-order valence-electron chi connectivity index (χ1n) is 6.66. The Kier molecular flexibility index (Phi) is 3.93. The van der Waals surface area contributed by atoms with Gasteiger partial charge in [-0.25, -0.2) is 9.78 Å². The third kappa shape index (κ3) is 3.56. The van der Waals surface area contributed by atoms with Crippen LogP contribution in [0.3, 0.4) is 0 Å². The summed E-state index contributed by atoms with van der Waals surface area (Å²) >= 11 is 0. The molecule has 110 valence electrons. The normalized spacial score (nSPS) is 11.2. The molecule has 0 fully saturated rings. The first-order chi connectivity index (χ1) is 9.78. The minimum atomic E-state index is -0.630. The van der Waals surface area contributed by atoms with Gasteiger partial charge in [0.1, 0.15) is 17.1 Å². The van der Waals surface area contributed by atoms with Crippen molar-refractivity contribution >= 4 is 5.97 Å². The van der Waals surface area contributed by atoms with Crippen LogP contribution in [0, 0.1) is 6.92 Å². The Morgan fingerprint density at radius 2 is 1.90 bits per heavy atom. The van der Waals surface area contributed by atoms with Crippen molar-refractivity contribution < 1.29 is 9.53 Å². The van der Waals surface area contributed by atoms with Crippen LogP contribution in [0.15, 0.2) is 41.3 Å². The summed E-state index contributed by atoms with van der Waals surface area (Å²) in [6.07, 6.45) is 1.65. The summed E-state index contributed by atoms with van der Waals surface area (Å²) < 4.78 is 6.60. The molecule has 0 aliphatic carbocycles. The number of esters is 1. The maximum absolute atomic E-state index is 12.3. The monoisotopic (exact) mass is 286 g/mol. The minimum absolute atomic E-state index is 0.161. The number of nitrogens with zero attached hydrogens (tertiary/aromatic N) is 2. The van der Waals surface area contributed by atoms with Crippen LogP contribution in [0.1, 0.15) is 36.8 Å². The summed E-state index contributed by atoms with van der Waals surface area (Å²) in [5.41, 5.74) is 0.180. The zero-order valence-electron chi connectivity index (χ0n) is 12.6. The van der Waals surface area contributed by atoms with Gasteiger partial charge in [-0.1, -0.05) is 12.1 Å². The molecule has 0 bridgehead atoms. The van der Waals surface area contributed by atoms with E-state index in [2.05, 4.69) is 4.98 Å². The van der Waals surface area contributed by atoms with Gasteiger partial charge in [0.15, 0.2) is 0 Å². The van der Waals surface area contributed by atoms with Crippen molar-refractivity contribution in [3.8, 4) is 5.82 Å². The van der Waals surface area contributed by atoms with Crippen molar-refractivity contribution in [3.05, 3.63) is 58.1 Å². The third-order valence-electron chi connectivity index (χ3n) is 2.69. The number of ether oxygens (including phenoxy) is 1. The molecule has 0 atom stereocenters. The average Bonchev–Trinajstić information content (AvgIpc) is 2.38. The molecule has 0 saturated heterocycles. The van der Waals surface area contributed by atoms with Crippen LogP contribution < -0.4 is 5.56 Å². The fraction of sp³-hybridized carbons (Fsp3) is 0.312. The summed E-state index contributed by atoms with van der Waals surface area (Å²) in [5, 5.41) is 0. The van der Waals surface area contributed by atoms with Gasteiger partial charge < -0.3 is 4.74 Å². The van der Waals surface area contributed by atoms with Crippen molar-refractivity contribution in [2.45, 2.75) is 33.3 Å². The molecular weight excluding hydrogens is 268 g/mol. The minimum Gasteiger partial charge on any atom is -0.455 e. The Labute approximate surface area is 123 Å². The number of carbonyl (C=O) groups is 1. The highest BCUT2D eigenvalue weighted by atomic mass is 16.6. The lowest BCUT2D eigenvalue weighted by molar-refractivity contribution is 0.00591. The van der Waals surface area contributed by atoms with E-state index in [9.17, 15) is 9.59 Å². The molecule has 0 unspecified atom stereocenters. The van der Waals surface area contributed by atoms with Crippen molar-refractivity contribution in [3.63, 3.8) is 0 Å². The Morgan fingerprint density at radius 1 is 1.19 bits per heavy atom. The lowest BCUT2D eigenvalue weighted by Gasteiger charge is -2.20. The van der Waals surface area contributed by atoms with Gasteiger partial charge in [0.05, 0.1) is 0 Å². The van der Waals surface area contributed by atoms with Crippen LogP contribution in [0.5, 0.6) is 0 Å². The molecular formula is C16H18N2O3. The maximum Gasteiger partial charge on any atom is 0.355 e. The molecule has 0 saturated carbocycles. The molecule has 0 aliphatic heterocycles. The number of carbonyl (C=O) groups excluding carboxylic acids is 1. The van der Waals surface area contributed by atoms with Gasteiger partial charge in [-0.05, 0) is 45.4 Å². The van der Waals surface area contributed by atoms with Crippen molar-refractivity contribution in [1.29, 1.82) is 0 Å². The number of aryl methyl sites for hydroxylation is 1. The van der Waals surface area contributed by atoms with E-state index in [0.29, 0.717) is 5.82 Å². The molecule has 2 rings (SSSR count). The van der Waals surface area contributed by atoms with Crippen molar-refractivity contribution in [1.82, 2.24) is 9.55 Å². The Bertz CT molecular complexity index is 710. The van der Waals surface area contributed by atoms with E-state index in [1.807, 2.05) is 13.0 Å². The molecule has 5 heteroatoms. The van der Waals surface area contributed by atoms with Crippen LogP contribution >= 0.6 is 0 Å². The van der Waals surface area contributed by atoms with Gasteiger partial charge in [0.25, 0.3) is 5.56 Å². The van der Waals surface area contributed by atoms with E-state index >= 15 is 0 Å². The molecule has 21 heavy (non-hydrogen) atoms. The highest BCUT2D eigenvalue weighted by Gasteiger charge is 2.21. The van der Waals surface area contributed by atoms with E-state index in [4.69, 9.17) is 4.74 Å². The molecule has 2 aromatic rings. The first kappa shape index (κ1) is 15.0. The quantitative estimate of drug-likeness (QED) is 0.796. The summed E-state index contributed by atoms with van der Waals surface area (Å²) in [5.74, 6) is -0.158. The standard InChI is InChI=1S/C16H18N2O3/c1-11-8-9-13(17-10-11)18-12(6-5-7-14(18)19)15(20)21-16(2,3)4/h5-10H,1-4H3. The zero-order valence-corrected chi connectivity index (χ0v) is 12.6. The Hall–Kier alpha value is -2.43. The highest BCUT2D eigenvalue weighted by molar-refractivity contribution is 5.88. The van der Waals surface area contributed by atoms with E-state index in [1.54, 1.807) is 39.1 Å². The van der Waals surface area contributed by atoms with Crippen molar-refractivity contribution in [2.24, 2.45) is 0 Å².